The van der Waals surface area contributed by atoms with Crippen molar-refractivity contribution in [3.8, 4) is 5.75 Å². The minimum Gasteiger partial charge on any atom is -0.505 e. The molecule has 1 nitrogen and oxygen atoms in total. The summed E-state index contributed by atoms with van der Waals surface area (Å²) in [4.78, 5) is 0. The molecule has 0 radical (unpaired) electrons. The average Bonchev–Trinajstić information content (AvgIpc) is 1.82. The Labute approximate surface area is 89.7 Å². The minimum atomic E-state index is -0.132. The number of hydrogen-bond acceptors (Lipinski definition) is 1. The van der Waals surface area contributed by atoms with E-state index in [1.807, 2.05) is 0 Å². The van der Waals surface area contributed by atoms with Gasteiger partial charge in [0, 0.05) is 22.1 Å². The fourth-order valence-corrected chi connectivity index (χ4v) is 1.35. The zero-order valence-corrected chi connectivity index (χ0v) is 8.46. The van der Waals surface area contributed by atoms with Gasteiger partial charge in [0.05, 0.1) is 10.0 Å². The first-order valence-corrected chi connectivity index (χ1v) is 3.58. The molecular formula is C6H3Cl3FeO. The molecule has 11 heavy (non-hydrogen) atoms. The average molecular weight is 253 g/mol. The van der Waals surface area contributed by atoms with Crippen molar-refractivity contribution in [3.05, 3.63) is 27.2 Å². The van der Waals surface area contributed by atoms with E-state index in [1.165, 1.54) is 12.1 Å². The normalized spacial score (nSPS) is 9.00. The van der Waals surface area contributed by atoms with E-state index in [1.54, 1.807) is 0 Å². The molecule has 5 heteroatoms. The second-order valence-electron chi connectivity index (χ2n) is 1.72. The molecule has 0 atom stereocenters. The Morgan fingerprint density at radius 2 is 1.36 bits per heavy atom. The third-order valence-electron chi connectivity index (χ3n) is 0.982. The zero-order chi connectivity index (χ0) is 7.72. The molecule has 0 aliphatic rings. The predicted molar refractivity (Wildman–Crippen MR) is 43.1 cm³/mol. The van der Waals surface area contributed by atoms with Crippen molar-refractivity contribution >= 4 is 34.8 Å². The Kier molecular flexibility index (Phi) is 4.60. The van der Waals surface area contributed by atoms with Crippen LogP contribution >= 0.6 is 34.8 Å². The van der Waals surface area contributed by atoms with Crippen LogP contribution in [0, 0.1) is 0 Å². The van der Waals surface area contributed by atoms with Gasteiger partial charge < -0.3 is 5.11 Å². The number of aromatic hydroxyl groups is 1. The van der Waals surface area contributed by atoms with Gasteiger partial charge in [0.15, 0.2) is 5.75 Å². The maximum Gasteiger partial charge on any atom is 0.152 e. The zero-order valence-electron chi connectivity index (χ0n) is 5.09. The Morgan fingerprint density at radius 1 is 1.00 bits per heavy atom. The maximum absolute atomic E-state index is 9.01. The molecule has 0 aliphatic heterocycles. The number of benzene rings is 1. The van der Waals surface area contributed by atoms with Gasteiger partial charge in [-0.25, -0.2) is 0 Å². The maximum atomic E-state index is 9.01. The molecule has 1 aromatic rings. The minimum absolute atomic E-state index is 0. The van der Waals surface area contributed by atoms with E-state index in [2.05, 4.69) is 0 Å². The van der Waals surface area contributed by atoms with Gasteiger partial charge in [-0.1, -0.05) is 34.8 Å². The van der Waals surface area contributed by atoms with Gasteiger partial charge in [-0.3, -0.25) is 0 Å². The second-order valence-corrected chi connectivity index (χ2v) is 2.97. The van der Waals surface area contributed by atoms with Gasteiger partial charge >= 0.3 is 0 Å². The number of hydrogen-bond donors (Lipinski definition) is 1. The number of rotatable bonds is 0. The third kappa shape index (κ3) is 2.73. The molecule has 1 aromatic carbocycles. The summed E-state index contributed by atoms with van der Waals surface area (Å²) in [7, 11) is 0. The van der Waals surface area contributed by atoms with Crippen LogP contribution in [0.2, 0.25) is 15.1 Å². The Morgan fingerprint density at radius 3 is 1.73 bits per heavy atom. The van der Waals surface area contributed by atoms with Gasteiger partial charge in [0.2, 0.25) is 0 Å². The van der Waals surface area contributed by atoms with Crippen LogP contribution in [0.1, 0.15) is 0 Å². The molecule has 0 saturated carbocycles. The molecule has 0 saturated heterocycles. The van der Waals surface area contributed by atoms with Crippen molar-refractivity contribution in [1.82, 2.24) is 0 Å². The Hall–Kier alpha value is 0.409. The summed E-state index contributed by atoms with van der Waals surface area (Å²) in [5.41, 5.74) is 0. The van der Waals surface area contributed by atoms with E-state index >= 15 is 0 Å². The van der Waals surface area contributed by atoms with E-state index in [9.17, 15) is 0 Å². The van der Waals surface area contributed by atoms with Gasteiger partial charge in [-0.05, 0) is 12.1 Å². The SMILES string of the molecule is Oc1c(Cl)cc(Cl)cc1Cl.[Fe]. The quantitative estimate of drug-likeness (QED) is 0.703. The predicted octanol–water partition coefficient (Wildman–Crippen LogP) is 3.35. The largest absolute Gasteiger partial charge is 0.505 e. The van der Waals surface area contributed by atoms with E-state index in [0.717, 1.165) is 0 Å². The summed E-state index contributed by atoms with van der Waals surface area (Å²) >= 11 is 16.5. The number of halogens is 3. The summed E-state index contributed by atoms with van der Waals surface area (Å²) in [6.45, 7) is 0. The third-order valence-corrected chi connectivity index (χ3v) is 1.78. The van der Waals surface area contributed by atoms with Gasteiger partial charge in [0.1, 0.15) is 0 Å². The van der Waals surface area contributed by atoms with Crippen molar-refractivity contribution < 1.29 is 22.2 Å². The Balaban J connectivity index is 0.000001000. The Bertz CT molecular complexity index is 241. The van der Waals surface area contributed by atoms with Gasteiger partial charge in [0.25, 0.3) is 0 Å². The fourth-order valence-electron chi connectivity index (χ4n) is 0.535. The fraction of sp³-hybridized carbons (Fsp3) is 0. The van der Waals surface area contributed by atoms with Crippen LogP contribution in [-0.2, 0) is 17.1 Å². The van der Waals surface area contributed by atoms with Crippen molar-refractivity contribution in [2.45, 2.75) is 0 Å². The first-order chi connectivity index (χ1) is 4.61. The van der Waals surface area contributed by atoms with E-state index in [4.69, 9.17) is 39.9 Å². The second kappa shape index (κ2) is 4.44. The van der Waals surface area contributed by atoms with Crippen LogP contribution < -0.4 is 0 Å². The molecule has 62 valence electrons. The smallest absolute Gasteiger partial charge is 0.152 e. The molecule has 0 amide bonds. The van der Waals surface area contributed by atoms with Crippen LogP contribution in [0.4, 0.5) is 0 Å². The van der Waals surface area contributed by atoms with Crippen LogP contribution in [0.25, 0.3) is 0 Å². The molecule has 0 unspecified atom stereocenters. The van der Waals surface area contributed by atoms with E-state index < -0.39 is 0 Å². The molecule has 0 aliphatic carbocycles. The summed E-state index contributed by atoms with van der Waals surface area (Å²) < 4.78 is 0. The van der Waals surface area contributed by atoms with Crippen LogP contribution in [-0.4, -0.2) is 5.11 Å². The molecule has 0 heterocycles. The topological polar surface area (TPSA) is 20.2 Å². The standard InChI is InChI=1S/C6H3Cl3O.Fe/c7-3-1-4(8)6(10)5(9)2-3;/h1-2,10H;. The summed E-state index contributed by atoms with van der Waals surface area (Å²) in [5.74, 6) is -0.132. The van der Waals surface area contributed by atoms with Gasteiger partial charge in [-0.2, -0.15) is 0 Å². The van der Waals surface area contributed by atoms with Crippen molar-refractivity contribution in [2.75, 3.05) is 0 Å². The summed E-state index contributed by atoms with van der Waals surface area (Å²) in [5, 5.41) is 9.75. The van der Waals surface area contributed by atoms with Gasteiger partial charge in [-0.15, -0.1) is 0 Å². The molecule has 1 rings (SSSR count). The van der Waals surface area contributed by atoms with Crippen molar-refractivity contribution in [2.24, 2.45) is 0 Å². The van der Waals surface area contributed by atoms with E-state index in [0.29, 0.717) is 5.02 Å². The molecule has 0 spiro atoms. The van der Waals surface area contributed by atoms with Crippen molar-refractivity contribution in [3.63, 3.8) is 0 Å². The number of phenolic OH excluding ortho intramolecular Hbond substituents is 1. The molecule has 0 aromatic heterocycles. The van der Waals surface area contributed by atoms with Crippen molar-refractivity contribution in [1.29, 1.82) is 0 Å². The van der Waals surface area contributed by atoms with Crippen LogP contribution in [0.3, 0.4) is 0 Å². The summed E-state index contributed by atoms with van der Waals surface area (Å²) in [6, 6.07) is 2.84. The molecule has 0 fully saturated rings. The molecular weight excluding hydrogens is 250 g/mol. The van der Waals surface area contributed by atoms with E-state index in [-0.39, 0.29) is 32.9 Å². The van der Waals surface area contributed by atoms with Crippen LogP contribution in [0.15, 0.2) is 12.1 Å². The first kappa shape index (κ1) is 11.4. The first-order valence-electron chi connectivity index (χ1n) is 2.45. The number of phenols is 1. The summed E-state index contributed by atoms with van der Waals surface area (Å²) in [6.07, 6.45) is 0. The molecule has 1 N–H and O–H groups in total. The monoisotopic (exact) mass is 252 g/mol. The van der Waals surface area contributed by atoms with Crippen LogP contribution in [0.5, 0.6) is 5.75 Å². The molecule has 0 bridgehead atoms.